The number of Topliss-reactive ketones (excluding diaryl/α,β-unsaturated/α-hetero) is 1. The predicted octanol–water partition coefficient (Wildman–Crippen LogP) is 1.88. The Morgan fingerprint density at radius 1 is 1.19 bits per heavy atom. The molecule has 4 heteroatoms. The Bertz CT molecular complexity index is 593. The average Bonchev–Trinajstić information content (AvgIpc) is 2.60. The molecule has 0 bridgehead atoms. The first-order valence-corrected chi connectivity index (χ1v) is 4.99. The van der Waals surface area contributed by atoms with Crippen LogP contribution >= 0.6 is 0 Å². The van der Waals surface area contributed by atoms with E-state index in [1.807, 2.05) is 12.1 Å². The third kappa shape index (κ3) is 1.58. The van der Waals surface area contributed by atoms with Crippen molar-refractivity contribution in [3.05, 3.63) is 45.7 Å². The van der Waals surface area contributed by atoms with Crippen molar-refractivity contribution in [3.63, 3.8) is 0 Å². The molecule has 2 aromatic rings. The summed E-state index contributed by atoms with van der Waals surface area (Å²) in [6.45, 7) is 3.24. The molecule has 0 fully saturated rings. The number of carbonyl (C=O) groups excluding carboxylic acids is 1. The first-order valence-electron chi connectivity index (χ1n) is 4.99. The van der Waals surface area contributed by atoms with E-state index in [0.717, 1.165) is 5.56 Å². The van der Waals surface area contributed by atoms with Gasteiger partial charge in [-0.15, -0.1) is 0 Å². The summed E-state index contributed by atoms with van der Waals surface area (Å²) in [6.07, 6.45) is 0. The van der Waals surface area contributed by atoms with Crippen LogP contribution < -0.4 is 5.56 Å². The Labute approximate surface area is 92.3 Å². The van der Waals surface area contributed by atoms with Gasteiger partial charge < -0.3 is 0 Å². The van der Waals surface area contributed by atoms with Crippen molar-refractivity contribution in [3.8, 4) is 11.3 Å². The van der Waals surface area contributed by atoms with Gasteiger partial charge in [-0.2, -0.15) is 0 Å². The Morgan fingerprint density at radius 2 is 1.88 bits per heavy atom. The minimum absolute atomic E-state index is 0.0166. The summed E-state index contributed by atoms with van der Waals surface area (Å²) < 4.78 is 0. The predicted molar refractivity (Wildman–Crippen MR) is 61.6 cm³/mol. The minimum Gasteiger partial charge on any atom is -0.297 e. The molecule has 2 N–H and O–H groups in total. The monoisotopic (exact) mass is 216 g/mol. The molecule has 0 radical (unpaired) electrons. The highest BCUT2D eigenvalue weighted by atomic mass is 16.1. The second-order valence-electron chi connectivity index (χ2n) is 3.68. The van der Waals surface area contributed by atoms with Crippen molar-refractivity contribution in [2.45, 2.75) is 13.8 Å². The average molecular weight is 216 g/mol. The number of hydrogen-bond acceptors (Lipinski definition) is 2. The number of benzene rings is 1. The summed E-state index contributed by atoms with van der Waals surface area (Å²) >= 11 is 0. The molecule has 1 heterocycles. The smallest absolute Gasteiger partial charge is 0.267 e. The van der Waals surface area contributed by atoms with E-state index in [0.29, 0.717) is 16.8 Å². The van der Waals surface area contributed by atoms with Crippen molar-refractivity contribution < 1.29 is 4.79 Å². The van der Waals surface area contributed by atoms with Gasteiger partial charge in [0.25, 0.3) is 5.56 Å². The molecule has 1 aromatic heterocycles. The summed E-state index contributed by atoms with van der Waals surface area (Å²) in [4.78, 5) is 22.8. The van der Waals surface area contributed by atoms with Gasteiger partial charge in [-0.1, -0.05) is 24.3 Å². The Hall–Kier alpha value is -2.10. The molecule has 2 rings (SSSR count). The van der Waals surface area contributed by atoms with Crippen LogP contribution in [0.4, 0.5) is 0 Å². The van der Waals surface area contributed by atoms with E-state index in [9.17, 15) is 9.59 Å². The molecular formula is C12H12N2O2. The van der Waals surface area contributed by atoms with Crippen LogP contribution in [0.1, 0.15) is 22.8 Å². The first-order chi connectivity index (χ1) is 7.61. The van der Waals surface area contributed by atoms with Crippen molar-refractivity contribution >= 4 is 5.78 Å². The highest BCUT2D eigenvalue weighted by molar-refractivity contribution is 6.00. The number of hydrogen-bond donors (Lipinski definition) is 2. The standard InChI is InChI=1S/C12H12N2O2/c1-7-11(13-14-12(7)16)10-6-4-3-5-9(10)8(2)15/h3-6H,1-2H3,(H2,13,14,16). The summed E-state index contributed by atoms with van der Waals surface area (Å²) in [5.41, 5.74) is 2.48. The fourth-order valence-corrected chi connectivity index (χ4v) is 1.70. The molecule has 0 amide bonds. The quantitative estimate of drug-likeness (QED) is 0.753. The minimum atomic E-state index is -0.159. The van der Waals surface area contributed by atoms with Crippen LogP contribution in [0.2, 0.25) is 0 Å². The summed E-state index contributed by atoms with van der Waals surface area (Å²) in [7, 11) is 0. The van der Waals surface area contributed by atoms with Crippen LogP contribution in [0.3, 0.4) is 0 Å². The van der Waals surface area contributed by atoms with Crippen molar-refractivity contribution in [1.82, 2.24) is 10.2 Å². The maximum Gasteiger partial charge on any atom is 0.267 e. The number of nitrogens with one attached hydrogen (secondary N) is 2. The fourth-order valence-electron chi connectivity index (χ4n) is 1.70. The van der Waals surface area contributed by atoms with Crippen LogP contribution in [0.5, 0.6) is 0 Å². The van der Waals surface area contributed by atoms with E-state index in [1.54, 1.807) is 19.1 Å². The van der Waals surface area contributed by atoms with E-state index in [2.05, 4.69) is 10.2 Å². The largest absolute Gasteiger partial charge is 0.297 e. The number of rotatable bonds is 2. The maximum absolute atomic E-state index is 11.5. The molecule has 0 saturated heterocycles. The zero-order valence-electron chi connectivity index (χ0n) is 9.13. The van der Waals surface area contributed by atoms with E-state index >= 15 is 0 Å². The molecule has 82 valence electrons. The lowest BCUT2D eigenvalue weighted by Gasteiger charge is -2.04. The second kappa shape index (κ2) is 3.81. The van der Waals surface area contributed by atoms with Gasteiger partial charge in [0, 0.05) is 16.7 Å². The van der Waals surface area contributed by atoms with Gasteiger partial charge in [0.05, 0.1) is 5.69 Å². The number of aromatic amines is 2. The number of ketones is 1. The molecule has 1 aromatic carbocycles. The fraction of sp³-hybridized carbons (Fsp3) is 0.167. The van der Waals surface area contributed by atoms with Gasteiger partial charge in [-0.3, -0.25) is 19.8 Å². The number of aromatic nitrogens is 2. The Morgan fingerprint density at radius 3 is 2.44 bits per heavy atom. The third-order valence-electron chi connectivity index (χ3n) is 2.59. The number of H-pyrrole nitrogens is 2. The SMILES string of the molecule is CC(=O)c1ccccc1-c1[nH][nH]c(=O)c1C. The summed E-state index contributed by atoms with van der Waals surface area (Å²) in [5, 5.41) is 5.31. The molecule has 0 aliphatic carbocycles. The molecule has 0 aliphatic heterocycles. The van der Waals surface area contributed by atoms with Gasteiger partial charge in [0.2, 0.25) is 0 Å². The summed E-state index contributed by atoms with van der Waals surface area (Å²) in [5.74, 6) is -0.0166. The first kappa shape index (κ1) is 10.4. The van der Waals surface area contributed by atoms with Gasteiger partial charge in [-0.25, -0.2) is 0 Å². The van der Waals surface area contributed by atoms with Crippen LogP contribution in [0.25, 0.3) is 11.3 Å². The molecule has 0 unspecified atom stereocenters. The molecular weight excluding hydrogens is 204 g/mol. The Kier molecular flexibility index (Phi) is 2.48. The number of carbonyl (C=O) groups is 1. The lowest BCUT2D eigenvalue weighted by molar-refractivity contribution is 0.101. The maximum atomic E-state index is 11.5. The molecule has 16 heavy (non-hydrogen) atoms. The topological polar surface area (TPSA) is 65.7 Å². The zero-order valence-corrected chi connectivity index (χ0v) is 9.13. The van der Waals surface area contributed by atoms with Crippen molar-refractivity contribution in [2.75, 3.05) is 0 Å². The molecule has 4 nitrogen and oxygen atoms in total. The molecule has 0 saturated carbocycles. The van der Waals surface area contributed by atoms with Gasteiger partial charge in [0.15, 0.2) is 5.78 Å². The molecule has 0 atom stereocenters. The van der Waals surface area contributed by atoms with Crippen LogP contribution in [-0.2, 0) is 0 Å². The third-order valence-corrected chi connectivity index (χ3v) is 2.59. The Balaban J connectivity index is 2.69. The normalized spacial score (nSPS) is 10.4. The van der Waals surface area contributed by atoms with E-state index < -0.39 is 0 Å². The van der Waals surface area contributed by atoms with Gasteiger partial charge >= 0.3 is 0 Å². The molecule has 0 aliphatic rings. The lowest BCUT2D eigenvalue weighted by Crippen LogP contribution is -2.01. The van der Waals surface area contributed by atoms with Crippen molar-refractivity contribution in [1.29, 1.82) is 0 Å². The highest BCUT2D eigenvalue weighted by Crippen LogP contribution is 2.23. The van der Waals surface area contributed by atoms with Crippen LogP contribution in [0.15, 0.2) is 29.1 Å². The zero-order chi connectivity index (χ0) is 11.7. The highest BCUT2D eigenvalue weighted by Gasteiger charge is 2.13. The van der Waals surface area contributed by atoms with E-state index in [4.69, 9.17) is 0 Å². The van der Waals surface area contributed by atoms with E-state index in [1.165, 1.54) is 6.92 Å². The van der Waals surface area contributed by atoms with Crippen LogP contribution in [0, 0.1) is 6.92 Å². The van der Waals surface area contributed by atoms with E-state index in [-0.39, 0.29) is 11.3 Å². The van der Waals surface area contributed by atoms with Gasteiger partial charge in [0.1, 0.15) is 0 Å². The second-order valence-corrected chi connectivity index (χ2v) is 3.68. The van der Waals surface area contributed by atoms with Crippen LogP contribution in [-0.4, -0.2) is 16.0 Å². The summed E-state index contributed by atoms with van der Waals surface area (Å²) in [6, 6.07) is 7.22. The van der Waals surface area contributed by atoms with Crippen molar-refractivity contribution in [2.24, 2.45) is 0 Å². The van der Waals surface area contributed by atoms with Gasteiger partial charge in [-0.05, 0) is 13.8 Å². The molecule has 0 spiro atoms. The lowest BCUT2D eigenvalue weighted by atomic mass is 10.00.